The van der Waals surface area contributed by atoms with Gasteiger partial charge in [0.2, 0.25) is 0 Å². The average Bonchev–Trinajstić information content (AvgIpc) is 2.91. The van der Waals surface area contributed by atoms with Gasteiger partial charge in [0.25, 0.3) is 5.91 Å². The van der Waals surface area contributed by atoms with Crippen LogP contribution >= 0.6 is 24.0 Å². The van der Waals surface area contributed by atoms with Gasteiger partial charge in [0, 0.05) is 0 Å². The van der Waals surface area contributed by atoms with E-state index < -0.39 is 0 Å². The van der Waals surface area contributed by atoms with Crippen molar-refractivity contribution in [3.63, 3.8) is 0 Å². The van der Waals surface area contributed by atoms with Gasteiger partial charge in [-0.3, -0.25) is 9.69 Å². The van der Waals surface area contributed by atoms with Crippen molar-refractivity contribution in [2.45, 2.75) is 33.8 Å². The molecule has 1 aliphatic rings. The highest BCUT2D eigenvalue weighted by molar-refractivity contribution is 8.27. The number of nitrogens with zero attached hydrogens (tertiary/aromatic N) is 1. The summed E-state index contributed by atoms with van der Waals surface area (Å²) < 4.78 is 12.0. The molecule has 1 heterocycles. The van der Waals surface area contributed by atoms with Crippen LogP contribution in [-0.2, 0) is 4.79 Å². The van der Waals surface area contributed by atoms with Crippen LogP contribution in [0.5, 0.6) is 11.5 Å². The predicted molar refractivity (Wildman–Crippen MR) is 120 cm³/mol. The standard InChI is InChI=1S/C22H23NO3S2/c1-5-25-19-12-16(8-11-18(19)26-14(2)3)13-20-21(24)23(22(27)28-20)17-9-6-15(4)7-10-17/h6-14H,5H2,1-4H3/b20-13-. The van der Waals surface area contributed by atoms with Crippen LogP contribution in [0.3, 0.4) is 0 Å². The second-order valence-corrected chi connectivity index (χ2v) is 8.33. The molecule has 4 nitrogen and oxygen atoms in total. The van der Waals surface area contributed by atoms with Gasteiger partial charge in [0.15, 0.2) is 15.8 Å². The maximum Gasteiger partial charge on any atom is 0.270 e. The van der Waals surface area contributed by atoms with E-state index in [1.54, 1.807) is 4.90 Å². The van der Waals surface area contributed by atoms with Gasteiger partial charge in [-0.05, 0) is 63.6 Å². The zero-order valence-corrected chi connectivity index (χ0v) is 18.0. The molecule has 0 aliphatic carbocycles. The fraction of sp³-hybridized carbons (Fsp3) is 0.273. The maximum atomic E-state index is 12.9. The maximum absolute atomic E-state index is 12.9. The lowest BCUT2D eigenvalue weighted by molar-refractivity contribution is -0.113. The first-order chi connectivity index (χ1) is 13.4. The zero-order chi connectivity index (χ0) is 20.3. The van der Waals surface area contributed by atoms with Crippen molar-refractivity contribution in [3.05, 3.63) is 58.5 Å². The summed E-state index contributed by atoms with van der Waals surface area (Å²) in [5.74, 6) is 1.25. The van der Waals surface area contributed by atoms with Crippen molar-refractivity contribution in [2.75, 3.05) is 11.5 Å². The van der Waals surface area contributed by atoms with E-state index in [4.69, 9.17) is 21.7 Å². The number of amides is 1. The largest absolute Gasteiger partial charge is 0.490 e. The highest BCUT2D eigenvalue weighted by atomic mass is 32.2. The van der Waals surface area contributed by atoms with Crippen molar-refractivity contribution in [2.24, 2.45) is 0 Å². The van der Waals surface area contributed by atoms with Gasteiger partial charge in [-0.1, -0.05) is 47.7 Å². The van der Waals surface area contributed by atoms with Crippen molar-refractivity contribution >= 4 is 46.0 Å². The summed E-state index contributed by atoms with van der Waals surface area (Å²) in [6.45, 7) is 8.42. The van der Waals surface area contributed by atoms with E-state index in [1.165, 1.54) is 11.8 Å². The summed E-state index contributed by atoms with van der Waals surface area (Å²) >= 11 is 6.75. The number of anilines is 1. The van der Waals surface area contributed by atoms with Crippen LogP contribution in [-0.4, -0.2) is 22.9 Å². The molecule has 1 saturated heterocycles. The Bertz CT molecular complexity index is 920. The third kappa shape index (κ3) is 4.56. The van der Waals surface area contributed by atoms with Crippen LogP contribution in [0.1, 0.15) is 31.9 Å². The molecule has 1 aliphatic heterocycles. The molecule has 0 aromatic heterocycles. The summed E-state index contributed by atoms with van der Waals surface area (Å²) in [5, 5.41) is 0. The topological polar surface area (TPSA) is 38.8 Å². The van der Waals surface area contributed by atoms with E-state index in [2.05, 4.69) is 0 Å². The Hall–Kier alpha value is -2.31. The molecule has 0 saturated carbocycles. The molecule has 0 unspecified atom stereocenters. The minimum atomic E-state index is -0.112. The van der Waals surface area contributed by atoms with Gasteiger partial charge in [0.1, 0.15) is 0 Å². The molecular weight excluding hydrogens is 390 g/mol. The van der Waals surface area contributed by atoms with Crippen molar-refractivity contribution < 1.29 is 14.3 Å². The van der Waals surface area contributed by atoms with E-state index >= 15 is 0 Å². The number of benzene rings is 2. The Kier molecular flexibility index (Phi) is 6.42. The lowest BCUT2D eigenvalue weighted by Gasteiger charge is -2.15. The second-order valence-electron chi connectivity index (χ2n) is 6.66. The van der Waals surface area contributed by atoms with Crippen LogP contribution in [0, 0.1) is 6.92 Å². The number of aryl methyl sites for hydroxylation is 1. The molecule has 0 N–H and O–H groups in total. The number of thioether (sulfide) groups is 1. The summed E-state index contributed by atoms with van der Waals surface area (Å²) in [5.41, 5.74) is 2.79. The Morgan fingerprint density at radius 2 is 1.86 bits per heavy atom. The summed E-state index contributed by atoms with van der Waals surface area (Å²) in [4.78, 5) is 15.1. The van der Waals surface area contributed by atoms with E-state index in [0.29, 0.717) is 27.3 Å². The summed E-state index contributed by atoms with van der Waals surface area (Å²) in [7, 11) is 0. The average molecular weight is 414 g/mol. The second kappa shape index (κ2) is 8.80. The first-order valence-corrected chi connectivity index (χ1v) is 10.4. The molecule has 0 spiro atoms. The lowest BCUT2D eigenvalue weighted by atomic mass is 10.1. The number of thiocarbonyl (C=S) groups is 1. The smallest absolute Gasteiger partial charge is 0.270 e. The minimum absolute atomic E-state index is 0.0517. The van der Waals surface area contributed by atoms with Crippen LogP contribution in [0.4, 0.5) is 5.69 Å². The number of rotatable bonds is 6. The quantitative estimate of drug-likeness (QED) is 0.456. The zero-order valence-electron chi connectivity index (χ0n) is 16.4. The van der Waals surface area contributed by atoms with Crippen LogP contribution in [0.15, 0.2) is 47.4 Å². The summed E-state index contributed by atoms with van der Waals surface area (Å²) in [6.07, 6.45) is 1.89. The van der Waals surface area contributed by atoms with Crippen molar-refractivity contribution in [3.8, 4) is 11.5 Å². The van der Waals surface area contributed by atoms with Crippen molar-refractivity contribution in [1.29, 1.82) is 0 Å². The van der Waals surface area contributed by atoms with Gasteiger partial charge in [-0.25, -0.2) is 0 Å². The number of carbonyl (C=O) groups excluding carboxylic acids is 1. The molecule has 0 bridgehead atoms. The molecule has 146 valence electrons. The first kappa shape index (κ1) is 20.4. The number of hydrogen-bond acceptors (Lipinski definition) is 5. The lowest BCUT2D eigenvalue weighted by Crippen LogP contribution is -2.27. The molecule has 0 atom stereocenters. The molecular formula is C22H23NO3S2. The molecule has 1 amide bonds. The number of ether oxygens (including phenoxy) is 2. The molecule has 2 aromatic carbocycles. The third-order valence-corrected chi connectivity index (χ3v) is 5.32. The Morgan fingerprint density at radius 1 is 1.14 bits per heavy atom. The Morgan fingerprint density at radius 3 is 2.50 bits per heavy atom. The van der Waals surface area contributed by atoms with Crippen molar-refractivity contribution in [1.82, 2.24) is 0 Å². The first-order valence-electron chi connectivity index (χ1n) is 9.17. The number of hydrogen-bond donors (Lipinski definition) is 0. The highest BCUT2D eigenvalue weighted by Crippen LogP contribution is 2.37. The molecule has 6 heteroatoms. The third-order valence-electron chi connectivity index (χ3n) is 4.01. The van der Waals surface area contributed by atoms with Gasteiger partial charge in [-0.15, -0.1) is 0 Å². The molecule has 28 heavy (non-hydrogen) atoms. The molecule has 1 fully saturated rings. The van der Waals surface area contributed by atoms with E-state index in [-0.39, 0.29) is 12.0 Å². The highest BCUT2D eigenvalue weighted by Gasteiger charge is 2.33. The van der Waals surface area contributed by atoms with Crippen LogP contribution in [0.2, 0.25) is 0 Å². The van der Waals surface area contributed by atoms with Gasteiger partial charge >= 0.3 is 0 Å². The van der Waals surface area contributed by atoms with Crippen LogP contribution in [0.25, 0.3) is 6.08 Å². The van der Waals surface area contributed by atoms with Gasteiger partial charge < -0.3 is 9.47 Å². The Balaban J connectivity index is 1.89. The fourth-order valence-electron chi connectivity index (χ4n) is 2.77. The number of carbonyl (C=O) groups is 1. The monoisotopic (exact) mass is 413 g/mol. The summed E-state index contributed by atoms with van der Waals surface area (Å²) in [6, 6.07) is 13.4. The molecule has 0 radical (unpaired) electrons. The van der Waals surface area contributed by atoms with Gasteiger partial charge in [0.05, 0.1) is 23.3 Å². The minimum Gasteiger partial charge on any atom is -0.490 e. The van der Waals surface area contributed by atoms with E-state index in [1.807, 2.05) is 76.2 Å². The molecule has 3 rings (SSSR count). The van der Waals surface area contributed by atoms with E-state index in [9.17, 15) is 4.79 Å². The fourth-order valence-corrected chi connectivity index (χ4v) is 4.07. The van der Waals surface area contributed by atoms with E-state index in [0.717, 1.165) is 16.8 Å². The Labute approximate surface area is 175 Å². The molecule has 2 aromatic rings. The normalized spacial score (nSPS) is 15.6. The SMILES string of the molecule is CCOc1cc(/C=C2\SC(=S)N(c3ccc(C)cc3)C2=O)ccc1OC(C)C. The van der Waals surface area contributed by atoms with Crippen LogP contribution < -0.4 is 14.4 Å². The predicted octanol–water partition coefficient (Wildman–Crippen LogP) is 5.59. The van der Waals surface area contributed by atoms with Gasteiger partial charge in [-0.2, -0.15) is 0 Å².